The van der Waals surface area contributed by atoms with Gasteiger partial charge in [0.15, 0.2) is 6.10 Å². The van der Waals surface area contributed by atoms with Crippen LogP contribution in [0, 0.1) is 6.92 Å². The van der Waals surface area contributed by atoms with Crippen molar-refractivity contribution in [1.29, 1.82) is 0 Å². The summed E-state index contributed by atoms with van der Waals surface area (Å²) in [5, 5.41) is 0.340. The number of fused-ring (bicyclic) bond motifs is 1. The summed E-state index contributed by atoms with van der Waals surface area (Å²) in [5.74, 6) is 1.49. The normalized spacial score (nSPS) is 11.7. The first-order valence-corrected chi connectivity index (χ1v) is 8.56. The molecule has 0 saturated carbocycles. The molecule has 146 valence electrons. The van der Waals surface area contributed by atoms with E-state index in [2.05, 4.69) is 4.74 Å². The van der Waals surface area contributed by atoms with E-state index in [1.807, 2.05) is 0 Å². The van der Waals surface area contributed by atoms with E-state index in [1.165, 1.54) is 7.11 Å². The van der Waals surface area contributed by atoms with Crippen LogP contribution in [-0.2, 0) is 9.53 Å². The van der Waals surface area contributed by atoms with Crippen LogP contribution in [0.3, 0.4) is 0 Å². The van der Waals surface area contributed by atoms with Crippen LogP contribution in [0.1, 0.15) is 12.7 Å². The van der Waals surface area contributed by atoms with Crippen molar-refractivity contribution in [2.24, 2.45) is 0 Å². The number of hydrogen-bond donors (Lipinski definition) is 0. The molecule has 0 aliphatic heterocycles. The van der Waals surface area contributed by atoms with E-state index in [1.54, 1.807) is 63.4 Å². The third kappa shape index (κ3) is 3.93. The van der Waals surface area contributed by atoms with Gasteiger partial charge in [-0.3, -0.25) is 4.79 Å². The zero-order valence-corrected chi connectivity index (χ0v) is 16.0. The zero-order chi connectivity index (χ0) is 20.3. The Morgan fingerprint density at radius 2 is 1.64 bits per heavy atom. The average molecular weight is 384 g/mol. The van der Waals surface area contributed by atoms with E-state index < -0.39 is 12.1 Å². The van der Waals surface area contributed by atoms with Crippen LogP contribution >= 0.6 is 0 Å². The quantitative estimate of drug-likeness (QED) is 0.597. The number of carbonyl (C=O) groups excluding carboxylic acids is 1. The second-order valence-corrected chi connectivity index (χ2v) is 6.04. The van der Waals surface area contributed by atoms with Crippen molar-refractivity contribution < 1.29 is 28.2 Å². The Hall–Kier alpha value is -3.48. The van der Waals surface area contributed by atoms with Gasteiger partial charge in [0.05, 0.1) is 19.6 Å². The molecule has 0 aliphatic rings. The highest BCUT2D eigenvalue weighted by atomic mass is 16.6. The Morgan fingerprint density at radius 1 is 1.00 bits per heavy atom. The molecular formula is C21H20O7. The lowest BCUT2D eigenvalue weighted by atomic mass is 10.2. The van der Waals surface area contributed by atoms with Gasteiger partial charge in [-0.25, -0.2) is 4.79 Å². The highest BCUT2D eigenvalue weighted by molar-refractivity contribution is 5.80. The van der Waals surface area contributed by atoms with Gasteiger partial charge in [-0.05, 0) is 50.2 Å². The fraction of sp³-hybridized carbons (Fsp3) is 0.238. The number of esters is 1. The van der Waals surface area contributed by atoms with E-state index in [9.17, 15) is 9.59 Å². The summed E-state index contributed by atoms with van der Waals surface area (Å²) in [7, 11) is 2.86. The highest BCUT2D eigenvalue weighted by Gasteiger charge is 2.17. The lowest BCUT2D eigenvalue weighted by molar-refractivity contribution is -0.147. The Morgan fingerprint density at radius 3 is 2.29 bits per heavy atom. The fourth-order valence-electron chi connectivity index (χ4n) is 2.64. The summed E-state index contributed by atoms with van der Waals surface area (Å²) in [4.78, 5) is 24.3. The fourth-order valence-corrected chi connectivity index (χ4v) is 2.64. The molecule has 0 amide bonds. The molecule has 7 nitrogen and oxygen atoms in total. The molecule has 0 unspecified atom stereocenters. The standard InChI is InChI=1S/C21H20O7/c1-12-20(28-15-7-5-14(24-3)6-8-15)19(22)17-10-9-16(11-18(17)27-12)26-13(2)21(23)25-4/h5-11,13H,1-4H3/t13-/m1/s1. The smallest absolute Gasteiger partial charge is 0.346 e. The molecule has 0 spiro atoms. The van der Waals surface area contributed by atoms with Crippen LogP contribution in [0.15, 0.2) is 51.7 Å². The topological polar surface area (TPSA) is 84.2 Å². The summed E-state index contributed by atoms with van der Waals surface area (Å²) >= 11 is 0. The summed E-state index contributed by atoms with van der Waals surface area (Å²) < 4.78 is 26.8. The molecule has 0 aliphatic carbocycles. The number of aryl methyl sites for hydroxylation is 1. The first-order chi connectivity index (χ1) is 13.4. The maximum atomic E-state index is 12.8. The monoisotopic (exact) mass is 384 g/mol. The Balaban J connectivity index is 1.92. The SMILES string of the molecule is COC(=O)[C@@H](C)Oc1ccc2c(=O)c(Oc3ccc(OC)cc3)c(C)oc2c1. The molecule has 1 atom stereocenters. The first-order valence-electron chi connectivity index (χ1n) is 8.56. The van der Waals surface area contributed by atoms with Crippen molar-refractivity contribution in [2.75, 3.05) is 14.2 Å². The number of hydrogen-bond acceptors (Lipinski definition) is 7. The van der Waals surface area contributed by atoms with Crippen molar-refractivity contribution in [3.05, 3.63) is 58.4 Å². The highest BCUT2D eigenvalue weighted by Crippen LogP contribution is 2.28. The minimum absolute atomic E-state index is 0.106. The molecule has 0 N–H and O–H groups in total. The second-order valence-electron chi connectivity index (χ2n) is 6.04. The summed E-state index contributed by atoms with van der Waals surface area (Å²) in [6.45, 7) is 3.22. The molecule has 28 heavy (non-hydrogen) atoms. The predicted molar refractivity (Wildman–Crippen MR) is 102 cm³/mol. The van der Waals surface area contributed by atoms with E-state index in [0.29, 0.717) is 34.0 Å². The van der Waals surface area contributed by atoms with Gasteiger partial charge in [-0.2, -0.15) is 0 Å². The Labute approximate surface area is 161 Å². The van der Waals surface area contributed by atoms with Gasteiger partial charge < -0.3 is 23.4 Å². The van der Waals surface area contributed by atoms with Crippen LogP contribution in [0.4, 0.5) is 0 Å². The molecule has 3 aromatic rings. The van der Waals surface area contributed by atoms with E-state index in [4.69, 9.17) is 18.6 Å². The largest absolute Gasteiger partial charge is 0.497 e. The summed E-state index contributed by atoms with van der Waals surface area (Å²) in [6.07, 6.45) is -0.784. The molecule has 2 aromatic carbocycles. The van der Waals surface area contributed by atoms with Gasteiger partial charge in [-0.1, -0.05) is 0 Å². The molecular weight excluding hydrogens is 364 g/mol. The van der Waals surface area contributed by atoms with Crippen molar-refractivity contribution >= 4 is 16.9 Å². The lowest BCUT2D eigenvalue weighted by Gasteiger charge is -2.13. The third-order valence-electron chi connectivity index (χ3n) is 4.11. The van der Waals surface area contributed by atoms with Crippen LogP contribution in [0.25, 0.3) is 11.0 Å². The van der Waals surface area contributed by atoms with Crippen molar-refractivity contribution in [2.45, 2.75) is 20.0 Å². The number of rotatable bonds is 6. The molecule has 0 radical (unpaired) electrons. The zero-order valence-electron chi connectivity index (χ0n) is 16.0. The third-order valence-corrected chi connectivity index (χ3v) is 4.11. The van der Waals surface area contributed by atoms with Crippen molar-refractivity contribution in [1.82, 2.24) is 0 Å². The minimum atomic E-state index is -0.784. The molecule has 0 bridgehead atoms. The van der Waals surface area contributed by atoms with Crippen LogP contribution < -0.4 is 19.6 Å². The van der Waals surface area contributed by atoms with Crippen molar-refractivity contribution in [3.63, 3.8) is 0 Å². The first kappa shape index (κ1) is 19.3. The molecule has 1 heterocycles. The van der Waals surface area contributed by atoms with E-state index in [-0.39, 0.29) is 11.2 Å². The van der Waals surface area contributed by atoms with Gasteiger partial charge in [0.2, 0.25) is 11.2 Å². The van der Waals surface area contributed by atoms with Gasteiger partial charge in [0.1, 0.15) is 28.6 Å². The minimum Gasteiger partial charge on any atom is -0.497 e. The number of carbonyl (C=O) groups is 1. The Bertz CT molecular complexity index is 1050. The maximum absolute atomic E-state index is 12.8. The molecule has 0 fully saturated rings. The maximum Gasteiger partial charge on any atom is 0.346 e. The molecule has 1 aromatic heterocycles. The van der Waals surface area contributed by atoms with Crippen molar-refractivity contribution in [3.8, 4) is 23.0 Å². The van der Waals surface area contributed by atoms with E-state index in [0.717, 1.165) is 0 Å². The lowest BCUT2D eigenvalue weighted by Crippen LogP contribution is -2.24. The molecule has 7 heteroatoms. The summed E-state index contributed by atoms with van der Waals surface area (Å²) in [5.41, 5.74) is 0.0290. The van der Waals surface area contributed by atoms with Crippen LogP contribution in [0.2, 0.25) is 0 Å². The number of benzene rings is 2. The summed E-state index contributed by atoms with van der Waals surface area (Å²) in [6, 6.07) is 11.6. The second kappa shape index (κ2) is 8.04. The molecule has 3 rings (SSSR count). The van der Waals surface area contributed by atoms with Crippen LogP contribution in [0.5, 0.6) is 23.0 Å². The van der Waals surface area contributed by atoms with Gasteiger partial charge in [0, 0.05) is 6.07 Å². The van der Waals surface area contributed by atoms with Gasteiger partial charge in [0.25, 0.3) is 0 Å². The number of methoxy groups -OCH3 is 2. The van der Waals surface area contributed by atoms with Crippen LogP contribution in [-0.4, -0.2) is 26.3 Å². The number of ether oxygens (including phenoxy) is 4. The predicted octanol–water partition coefficient (Wildman–Crippen LogP) is 3.84. The Kier molecular flexibility index (Phi) is 5.54. The van der Waals surface area contributed by atoms with Gasteiger partial charge in [-0.15, -0.1) is 0 Å². The van der Waals surface area contributed by atoms with E-state index >= 15 is 0 Å². The van der Waals surface area contributed by atoms with Gasteiger partial charge >= 0.3 is 5.97 Å². The molecule has 0 saturated heterocycles. The average Bonchev–Trinajstić information content (AvgIpc) is 2.70.